The summed E-state index contributed by atoms with van der Waals surface area (Å²) >= 11 is 0. The number of rotatable bonds is 6. The molecule has 1 heterocycles. The number of phenolic OH excluding ortho intramolecular Hbond substituents is 1. The second kappa shape index (κ2) is 8.38. The van der Waals surface area contributed by atoms with E-state index in [2.05, 4.69) is 5.32 Å². The summed E-state index contributed by atoms with van der Waals surface area (Å²) in [5.41, 5.74) is 0.848. The van der Waals surface area contributed by atoms with E-state index in [0.29, 0.717) is 25.4 Å². The number of phenols is 1. The zero-order valence-corrected chi connectivity index (χ0v) is 16.8. The standard InChI is InChI=1S/C22H25F2N3O3/c1-30-20-10-14(4-7-19(20)28)13-27(16-5-6-16)22(29)25-15-11-17(23)21(18(24)12-15)26-8-2-3-9-26/h4,7,10-12,16,28H,2-3,5-6,8-9,13H2,1H3,(H,25,29). The molecule has 8 heteroatoms. The van der Waals surface area contributed by atoms with Crippen molar-refractivity contribution in [2.75, 3.05) is 30.4 Å². The molecular weight excluding hydrogens is 392 g/mol. The Labute approximate surface area is 174 Å². The zero-order chi connectivity index (χ0) is 21.3. The monoisotopic (exact) mass is 417 g/mol. The average molecular weight is 417 g/mol. The summed E-state index contributed by atoms with van der Waals surface area (Å²) in [6, 6.07) is 6.89. The van der Waals surface area contributed by atoms with Gasteiger partial charge in [-0.1, -0.05) is 6.07 Å². The maximum absolute atomic E-state index is 14.6. The summed E-state index contributed by atoms with van der Waals surface area (Å²) in [6.45, 7) is 1.56. The van der Waals surface area contributed by atoms with Crippen LogP contribution in [0.15, 0.2) is 30.3 Å². The largest absolute Gasteiger partial charge is 0.504 e. The molecule has 4 rings (SSSR count). The average Bonchev–Trinajstić information content (AvgIpc) is 3.41. The minimum absolute atomic E-state index is 0.0210. The highest BCUT2D eigenvalue weighted by Crippen LogP contribution is 2.33. The quantitative estimate of drug-likeness (QED) is 0.728. The fraction of sp³-hybridized carbons (Fsp3) is 0.409. The molecule has 0 spiro atoms. The Morgan fingerprint density at radius 3 is 2.47 bits per heavy atom. The van der Waals surface area contributed by atoms with Crippen molar-refractivity contribution in [1.82, 2.24) is 4.90 Å². The van der Waals surface area contributed by atoms with Crippen LogP contribution in [0.25, 0.3) is 0 Å². The number of amides is 2. The first-order valence-corrected chi connectivity index (χ1v) is 10.1. The van der Waals surface area contributed by atoms with Gasteiger partial charge in [0.2, 0.25) is 0 Å². The first-order chi connectivity index (χ1) is 14.5. The van der Waals surface area contributed by atoms with E-state index in [1.165, 1.54) is 25.3 Å². The van der Waals surface area contributed by atoms with Crippen molar-refractivity contribution in [2.45, 2.75) is 38.3 Å². The number of methoxy groups -OCH3 is 1. The van der Waals surface area contributed by atoms with Gasteiger partial charge in [0.1, 0.15) is 5.69 Å². The maximum Gasteiger partial charge on any atom is 0.322 e. The lowest BCUT2D eigenvalue weighted by Crippen LogP contribution is -2.36. The Kier molecular flexibility index (Phi) is 5.65. The van der Waals surface area contributed by atoms with Gasteiger partial charge in [-0.25, -0.2) is 13.6 Å². The molecule has 2 fully saturated rings. The van der Waals surface area contributed by atoms with E-state index in [9.17, 15) is 18.7 Å². The van der Waals surface area contributed by atoms with Crippen LogP contribution in [0.4, 0.5) is 25.0 Å². The van der Waals surface area contributed by atoms with E-state index in [0.717, 1.165) is 31.2 Å². The van der Waals surface area contributed by atoms with Crippen molar-refractivity contribution in [2.24, 2.45) is 0 Å². The summed E-state index contributed by atoms with van der Waals surface area (Å²) in [5.74, 6) is -1.00. The van der Waals surface area contributed by atoms with E-state index in [4.69, 9.17) is 4.74 Å². The van der Waals surface area contributed by atoms with Crippen molar-refractivity contribution >= 4 is 17.4 Å². The van der Waals surface area contributed by atoms with Crippen LogP contribution in [0.1, 0.15) is 31.2 Å². The van der Waals surface area contributed by atoms with E-state index in [-0.39, 0.29) is 23.2 Å². The third kappa shape index (κ3) is 4.27. The van der Waals surface area contributed by atoms with E-state index in [1.807, 2.05) is 0 Å². The lowest BCUT2D eigenvalue weighted by Gasteiger charge is -2.24. The van der Waals surface area contributed by atoms with Crippen LogP contribution in [-0.4, -0.2) is 42.3 Å². The molecule has 2 aromatic carbocycles. The Morgan fingerprint density at radius 2 is 1.87 bits per heavy atom. The third-order valence-corrected chi connectivity index (χ3v) is 5.54. The van der Waals surface area contributed by atoms with E-state index < -0.39 is 17.7 Å². The molecule has 2 aromatic rings. The number of ether oxygens (including phenoxy) is 1. The fourth-order valence-corrected chi connectivity index (χ4v) is 3.85. The highest BCUT2D eigenvalue weighted by atomic mass is 19.1. The number of nitrogens with zero attached hydrogens (tertiary/aromatic N) is 2. The number of aromatic hydroxyl groups is 1. The number of urea groups is 1. The van der Waals surface area contributed by atoms with Gasteiger partial charge in [-0.05, 0) is 55.5 Å². The number of hydrogen-bond donors (Lipinski definition) is 2. The smallest absolute Gasteiger partial charge is 0.322 e. The number of halogens is 2. The summed E-state index contributed by atoms with van der Waals surface area (Å²) in [5, 5.41) is 12.4. The Hall–Kier alpha value is -3.03. The molecule has 2 aliphatic rings. The maximum atomic E-state index is 14.6. The van der Waals surface area contributed by atoms with Crippen molar-refractivity contribution in [3.05, 3.63) is 47.5 Å². The Morgan fingerprint density at radius 1 is 1.20 bits per heavy atom. The van der Waals surface area contributed by atoms with Crippen LogP contribution in [0.5, 0.6) is 11.5 Å². The minimum atomic E-state index is -0.673. The number of carbonyl (C=O) groups is 1. The Balaban J connectivity index is 1.50. The minimum Gasteiger partial charge on any atom is -0.504 e. The van der Waals surface area contributed by atoms with Crippen molar-refractivity contribution in [1.29, 1.82) is 0 Å². The number of carbonyl (C=O) groups excluding carboxylic acids is 1. The first-order valence-electron chi connectivity index (χ1n) is 10.1. The summed E-state index contributed by atoms with van der Waals surface area (Å²) < 4.78 is 34.3. The molecule has 30 heavy (non-hydrogen) atoms. The molecule has 1 saturated carbocycles. The van der Waals surface area contributed by atoms with Gasteiger partial charge in [-0.15, -0.1) is 0 Å². The molecule has 160 valence electrons. The van der Waals surface area contributed by atoms with Crippen LogP contribution < -0.4 is 15.0 Å². The number of benzene rings is 2. The van der Waals surface area contributed by atoms with Crippen molar-refractivity contribution < 1.29 is 23.4 Å². The SMILES string of the molecule is COc1cc(CN(C(=O)Nc2cc(F)c(N3CCCC3)c(F)c2)C2CC2)ccc1O. The predicted molar refractivity (Wildman–Crippen MR) is 110 cm³/mol. The van der Waals surface area contributed by atoms with Gasteiger partial charge in [0.05, 0.1) is 7.11 Å². The lowest BCUT2D eigenvalue weighted by molar-refractivity contribution is 0.206. The number of anilines is 2. The number of nitrogens with one attached hydrogen (secondary N) is 1. The van der Waals surface area contributed by atoms with Crippen LogP contribution in [0.2, 0.25) is 0 Å². The van der Waals surface area contributed by atoms with Gasteiger partial charge in [-0.3, -0.25) is 0 Å². The lowest BCUT2D eigenvalue weighted by atomic mass is 10.2. The second-order valence-corrected chi connectivity index (χ2v) is 7.78. The fourth-order valence-electron chi connectivity index (χ4n) is 3.85. The van der Waals surface area contributed by atoms with Gasteiger partial charge >= 0.3 is 6.03 Å². The molecule has 0 unspecified atom stereocenters. The van der Waals surface area contributed by atoms with E-state index in [1.54, 1.807) is 21.9 Å². The molecule has 2 N–H and O–H groups in total. The van der Waals surface area contributed by atoms with E-state index >= 15 is 0 Å². The van der Waals surface area contributed by atoms with Crippen molar-refractivity contribution in [3.63, 3.8) is 0 Å². The second-order valence-electron chi connectivity index (χ2n) is 7.78. The third-order valence-electron chi connectivity index (χ3n) is 5.54. The summed E-state index contributed by atoms with van der Waals surface area (Å²) in [7, 11) is 1.46. The van der Waals surface area contributed by atoms with Crippen LogP contribution >= 0.6 is 0 Å². The Bertz CT molecular complexity index is 920. The topological polar surface area (TPSA) is 65.0 Å². The van der Waals surface area contributed by atoms with Crippen molar-refractivity contribution in [3.8, 4) is 11.5 Å². The molecule has 6 nitrogen and oxygen atoms in total. The normalized spacial score (nSPS) is 15.9. The highest BCUT2D eigenvalue weighted by molar-refractivity contribution is 5.90. The summed E-state index contributed by atoms with van der Waals surface area (Å²) in [4.78, 5) is 16.2. The molecule has 0 aromatic heterocycles. The van der Waals surface area contributed by atoms with Crippen LogP contribution in [0, 0.1) is 11.6 Å². The zero-order valence-electron chi connectivity index (χ0n) is 16.8. The molecule has 0 bridgehead atoms. The molecule has 2 amide bonds. The number of hydrogen-bond acceptors (Lipinski definition) is 4. The van der Waals surface area contributed by atoms with Gasteiger partial charge in [0.15, 0.2) is 23.1 Å². The van der Waals surface area contributed by atoms with Crippen LogP contribution in [-0.2, 0) is 6.54 Å². The molecule has 1 saturated heterocycles. The van der Waals surface area contributed by atoms with Gasteiger partial charge < -0.3 is 25.0 Å². The molecule has 1 aliphatic carbocycles. The molecule has 1 aliphatic heterocycles. The van der Waals surface area contributed by atoms with Crippen LogP contribution in [0.3, 0.4) is 0 Å². The molecule has 0 atom stereocenters. The molecule has 0 radical (unpaired) electrons. The first kappa shape index (κ1) is 20.3. The van der Waals surface area contributed by atoms with Gasteiger partial charge in [0, 0.05) is 31.4 Å². The van der Waals surface area contributed by atoms with Gasteiger partial charge in [0.25, 0.3) is 0 Å². The summed E-state index contributed by atoms with van der Waals surface area (Å²) in [6.07, 6.45) is 3.57. The molecular formula is C22H25F2N3O3. The van der Waals surface area contributed by atoms with Gasteiger partial charge in [-0.2, -0.15) is 0 Å². The predicted octanol–water partition coefficient (Wildman–Crippen LogP) is 4.48. The highest BCUT2D eigenvalue weighted by Gasteiger charge is 2.33.